The zero-order valence-corrected chi connectivity index (χ0v) is 21.9. The maximum Gasteiger partial charge on any atom is 0.300 e. The molecule has 0 spiro atoms. The second-order valence-corrected chi connectivity index (χ2v) is 10.9. The topological polar surface area (TPSA) is 66.8 Å². The highest BCUT2D eigenvalue weighted by Gasteiger charge is 2.47. The van der Waals surface area contributed by atoms with Crippen LogP contribution in [-0.2, 0) is 27.8 Å². The summed E-state index contributed by atoms with van der Waals surface area (Å²) < 4.78 is 5.44. The Balaban J connectivity index is 1.67. The monoisotopic (exact) mass is 495 g/mol. The van der Waals surface area contributed by atoms with E-state index in [2.05, 4.69) is 20.8 Å². The van der Waals surface area contributed by atoms with Crippen LogP contribution in [0.2, 0.25) is 0 Å². The molecule has 3 aromatic carbocycles. The van der Waals surface area contributed by atoms with Gasteiger partial charge in [0.2, 0.25) is 0 Å². The Bertz CT molecular complexity index is 1400. The van der Waals surface area contributed by atoms with Crippen LogP contribution in [-0.4, -0.2) is 23.9 Å². The van der Waals surface area contributed by atoms with Crippen LogP contribution < -0.4 is 9.64 Å². The molecule has 1 atom stereocenters. The van der Waals surface area contributed by atoms with Crippen molar-refractivity contribution in [3.05, 3.63) is 100 Å². The smallest absolute Gasteiger partial charge is 0.300 e. The van der Waals surface area contributed by atoms with Gasteiger partial charge in [-0.25, -0.2) is 0 Å². The Morgan fingerprint density at radius 3 is 2.30 bits per heavy atom. The Morgan fingerprint density at radius 1 is 0.919 bits per heavy atom. The summed E-state index contributed by atoms with van der Waals surface area (Å²) in [6.07, 6.45) is 4.24. The van der Waals surface area contributed by atoms with E-state index in [1.807, 2.05) is 66.7 Å². The van der Waals surface area contributed by atoms with Crippen LogP contribution in [0.5, 0.6) is 5.75 Å². The van der Waals surface area contributed by atoms with E-state index in [-0.39, 0.29) is 16.7 Å². The quantitative estimate of drug-likeness (QED) is 0.255. The number of hydrogen-bond donors (Lipinski definition) is 1. The zero-order chi connectivity index (χ0) is 26.3. The van der Waals surface area contributed by atoms with Crippen LogP contribution in [0.15, 0.2) is 72.3 Å². The lowest BCUT2D eigenvalue weighted by molar-refractivity contribution is -0.132. The van der Waals surface area contributed by atoms with Gasteiger partial charge in [0, 0.05) is 11.3 Å². The van der Waals surface area contributed by atoms with E-state index in [1.54, 1.807) is 7.11 Å². The lowest BCUT2D eigenvalue weighted by Crippen LogP contribution is -2.29. The summed E-state index contributed by atoms with van der Waals surface area (Å²) in [4.78, 5) is 28.5. The molecule has 1 N–H and O–H groups in total. The van der Waals surface area contributed by atoms with Crippen LogP contribution in [0.1, 0.15) is 67.5 Å². The van der Waals surface area contributed by atoms with Gasteiger partial charge in [0.15, 0.2) is 0 Å². The molecule has 190 valence electrons. The van der Waals surface area contributed by atoms with Crippen molar-refractivity contribution in [2.24, 2.45) is 0 Å². The number of benzene rings is 3. The molecule has 1 amide bonds. The lowest BCUT2D eigenvalue weighted by atomic mass is 9.87. The van der Waals surface area contributed by atoms with Crippen molar-refractivity contribution in [3.8, 4) is 5.75 Å². The third-order valence-corrected chi connectivity index (χ3v) is 7.49. The maximum absolute atomic E-state index is 13.5. The number of methoxy groups -OCH3 is 1. The van der Waals surface area contributed by atoms with Gasteiger partial charge in [-0.3, -0.25) is 14.5 Å². The molecule has 1 heterocycles. The molecule has 0 aromatic heterocycles. The molecular weight excluding hydrogens is 462 g/mol. The number of aliphatic hydroxyl groups is 1. The lowest BCUT2D eigenvalue weighted by Gasteiger charge is -2.27. The molecule has 37 heavy (non-hydrogen) atoms. The first-order chi connectivity index (χ1) is 17.7. The first kappa shape index (κ1) is 24.8. The van der Waals surface area contributed by atoms with E-state index in [4.69, 9.17) is 4.74 Å². The predicted molar refractivity (Wildman–Crippen MR) is 146 cm³/mol. The van der Waals surface area contributed by atoms with Gasteiger partial charge < -0.3 is 9.84 Å². The average molecular weight is 496 g/mol. The molecule has 1 aliphatic carbocycles. The van der Waals surface area contributed by atoms with Gasteiger partial charge in [-0.2, -0.15) is 0 Å². The molecule has 3 aromatic rings. The zero-order valence-electron chi connectivity index (χ0n) is 21.9. The number of hydrogen-bond acceptors (Lipinski definition) is 4. The summed E-state index contributed by atoms with van der Waals surface area (Å²) >= 11 is 0. The van der Waals surface area contributed by atoms with Crippen LogP contribution in [0.25, 0.3) is 5.76 Å². The molecule has 5 nitrogen and oxygen atoms in total. The molecule has 5 rings (SSSR count). The van der Waals surface area contributed by atoms with Crippen molar-refractivity contribution < 1.29 is 19.4 Å². The highest BCUT2D eigenvalue weighted by molar-refractivity contribution is 6.51. The maximum atomic E-state index is 13.5. The number of rotatable bonds is 4. The van der Waals surface area contributed by atoms with Gasteiger partial charge >= 0.3 is 0 Å². The van der Waals surface area contributed by atoms with Crippen molar-refractivity contribution in [1.29, 1.82) is 0 Å². The second kappa shape index (κ2) is 9.55. The Labute approximate surface area is 218 Å². The second-order valence-electron chi connectivity index (χ2n) is 10.9. The van der Waals surface area contributed by atoms with Crippen molar-refractivity contribution >= 4 is 23.1 Å². The number of aliphatic hydroxyl groups excluding tert-OH is 1. The number of amides is 1. The molecule has 0 bridgehead atoms. The van der Waals surface area contributed by atoms with Gasteiger partial charge in [0.1, 0.15) is 11.5 Å². The molecule has 0 saturated carbocycles. The number of ketones is 1. The van der Waals surface area contributed by atoms with Gasteiger partial charge in [0.25, 0.3) is 11.7 Å². The van der Waals surface area contributed by atoms with Gasteiger partial charge in [-0.1, -0.05) is 57.2 Å². The summed E-state index contributed by atoms with van der Waals surface area (Å²) in [5, 5.41) is 11.5. The normalized spacial score (nSPS) is 19.1. The van der Waals surface area contributed by atoms with Crippen molar-refractivity contribution in [1.82, 2.24) is 0 Å². The first-order valence-corrected chi connectivity index (χ1v) is 12.9. The predicted octanol–water partition coefficient (Wildman–Crippen LogP) is 6.50. The van der Waals surface area contributed by atoms with E-state index >= 15 is 0 Å². The highest BCUT2D eigenvalue weighted by atomic mass is 16.5. The fourth-order valence-electron chi connectivity index (χ4n) is 5.38. The third-order valence-electron chi connectivity index (χ3n) is 7.49. The number of Topliss-reactive ketones (excluding diaryl/α,β-unsaturated/α-hetero) is 1. The van der Waals surface area contributed by atoms with Crippen LogP contribution in [0.3, 0.4) is 0 Å². The van der Waals surface area contributed by atoms with E-state index in [1.165, 1.54) is 16.0 Å². The number of carbonyl (C=O) groups is 2. The fraction of sp³-hybridized carbons (Fsp3) is 0.312. The molecule has 5 heteroatoms. The summed E-state index contributed by atoms with van der Waals surface area (Å²) in [6, 6.07) is 20.1. The molecule has 1 fully saturated rings. The largest absolute Gasteiger partial charge is 0.507 e. The molecule has 1 saturated heterocycles. The SMILES string of the molecule is COc1cccc(C2/C(=C(/O)c3ccc4c(c3)CCCC4)C(=O)C(=O)N2c2ccc(C(C)(C)C)cc2)c1. The van der Waals surface area contributed by atoms with Gasteiger partial charge in [0.05, 0.1) is 18.7 Å². The van der Waals surface area contributed by atoms with E-state index < -0.39 is 17.7 Å². The summed E-state index contributed by atoms with van der Waals surface area (Å²) in [5.41, 5.74) is 5.51. The number of carbonyl (C=O) groups excluding carboxylic acids is 2. The molecule has 2 aliphatic rings. The Kier molecular flexibility index (Phi) is 6.40. The highest BCUT2D eigenvalue weighted by Crippen LogP contribution is 2.43. The Morgan fingerprint density at radius 2 is 1.62 bits per heavy atom. The first-order valence-electron chi connectivity index (χ1n) is 12.9. The van der Waals surface area contributed by atoms with E-state index in [9.17, 15) is 14.7 Å². The number of aryl methyl sites for hydroxylation is 2. The van der Waals surface area contributed by atoms with E-state index in [0.29, 0.717) is 22.6 Å². The Hall–Kier alpha value is -3.86. The average Bonchev–Trinajstić information content (AvgIpc) is 3.17. The van der Waals surface area contributed by atoms with Crippen molar-refractivity contribution in [3.63, 3.8) is 0 Å². The fourth-order valence-corrected chi connectivity index (χ4v) is 5.38. The summed E-state index contributed by atoms with van der Waals surface area (Å²) in [7, 11) is 1.58. The summed E-state index contributed by atoms with van der Waals surface area (Å²) in [5.74, 6) is -0.882. The van der Waals surface area contributed by atoms with Gasteiger partial charge in [-0.05, 0) is 83.7 Å². The minimum absolute atomic E-state index is 0.0503. The van der Waals surface area contributed by atoms with Crippen LogP contribution >= 0.6 is 0 Å². The standard InChI is InChI=1S/C32H33NO4/c1-32(2,3)24-14-16-25(17-15-24)33-28(22-10-7-11-26(19-22)37-4)27(30(35)31(33)36)29(34)23-13-12-20-8-5-6-9-21(20)18-23/h7,10-19,28,34H,5-6,8-9H2,1-4H3/b29-27-. The molecule has 0 radical (unpaired) electrons. The number of anilines is 1. The molecule has 1 aliphatic heterocycles. The van der Waals surface area contributed by atoms with Crippen LogP contribution in [0, 0.1) is 0 Å². The number of ether oxygens (including phenoxy) is 1. The molecule has 1 unspecified atom stereocenters. The van der Waals surface area contributed by atoms with E-state index in [0.717, 1.165) is 31.2 Å². The number of nitrogens with zero attached hydrogens (tertiary/aromatic N) is 1. The third kappa shape index (κ3) is 4.55. The van der Waals surface area contributed by atoms with Gasteiger partial charge in [-0.15, -0.1) is 0 Å². The number of fused-ring (bicyclic) bond motifs is 1. The van der Waals surface area contributed by atoms with Crippen molar-refractivity contribution in [2.45, 2.75) is 57.9 Å². The molecular formula is C32H33NO4. The van der Waals surface area contributed by atoms with Crippen LogP contribution in [0.4, 0.5) is 5.69 Å². The minimum Gasteiger partial charge on any atom is -0.507 e. The van der Waals surface area contributed by atoms with Crippen molar-refractivity contribution in [2.75, 3.05) is 12.0 Å². The minimum atomic E-state index is -0.786. The summed E-state index contributed by atoms with van der Waals surface area (Å²) in [6.45, 7) is 6.38.